The smallest absolute Gasteiger partial charge is 0.249 e. The maximum atomic E-state index is 12.5. The molecule has 7 heteroatoms. The van der Waals surface area contributed by atoms with Crippen molar-refractivity contribution in [3.8, 4) is 0 Å². The van der Waals surface area contributed by atoms with Gasteiger partial charge < -0.3 is 10.5 Å². The summed E-state index contributed by atoms with van der Waals surface area (Å²) in [5.41, 5.74) is 6.98. The van der Waals surface area contributed by atoms with Gasteiger partial charge in [-0.3, -0.25) is 10.1 Å². The zero-order valence-electron chi connectivity index (χ0n) is 12.7. The predicted octanol–water partition coefficient (Wildman–Crippen LogP) is 0.690. The standard InChI is InChI=1S/C14H23N5O2/c1-3-10-11(4-2)18-19-13(16-10)17-12(20)14(9-15)5-7-21-8-6-14/h3-9,15H2,1-2H3,(H,16,17,19,20). The second-order valence-electron chi connectivity index (χ2n) is 5.29. The summed E-state index contributed by atoms with van der Waals surface area (Å²) in [5.74, 6) is 0.120. The molecular formula is C14H23N5O2. The Balaban J connectivity index is 2.15. The van der Waals surface area contributed by atoms with Crippen LogP contribution in [-0.4, -0.2) is 40.8 Å². The molecule has 1 fully saturated rings. The molecule has 3 N–H and O–H groups in total. The van der Waals surface area contributed by atoms with Gasteiger partial charge in [0.1, 0.15) is 0 Å². The van der Waals surface area contributed by atoms with Crippen LogP contribution < -0.4 is 11.1 Å². The number of rotatable bonds is 5. The number of aryl methyl sites for hydroxylation is 2. The van der Waals surface area contributed by atoms with Gasteiger partial charge in [0.15, 0.2) is 0 Å². The van der Waals surface area contributed by atoms with Gasteiger partial charge in [0.05, 0.1) is 16.8 Å². The van der Waals surface area contributed by atoms with Gasteiger partial charge in [0, 0.05) is 19.8 Å². The molecule has 0 bridgehead atoms. The van der Waals surface area contributed by atoms with E-state index in [0.717, 1.165) is 24.2 Å². The number of carbonyl (C=O) groups is 1. The molecule has 1 aromatic heterocycles. The molecule has 7 nitrogen and oxygen atoms in total. The average molecular weight is 293 g/mol. The maximum absolute atomic E-state index is 12.5. The van der Waals surface area contributed by atoms with Crippen LogP contribution >= 0.6 is 0 Å². The number of nitrogens with two attached hydrogens (primary N) is 1. The number of nitrogens with zero attached hydrogens (tertiary/aromatic N) is 3. The quantitative estimate of drug-likeness (QED) is 0.828. The van der Waals surface area contributed by atoms with E-state index in [1.54, 1.807) is 0 Å². The molecule has 0 spiro atoms. The van der Waals surface area contributed by atoms with Gasteiger partial charge in [0.25, 0.3) is 0 Å². The molecule has 1 aliphatic rings. The Bertz CT molecular complexity index is 500. The van der Waals surface area contributed by atoms with Crippen molar-refractivity contribution >= 4 is 11.9 Å². The first-order valence-corrected chi connectivity index (χ1v) is 7.47. The molecule has 0 unspecified atom stereocenters. The van der Waals surface area contributed by atoms with Gasteiger partial charge in [0.2, 0.25) is 11.9 Å². The number of ether oxygens (including phenoxy) is 1. The highest BCUT2D eigenvalue weighted by Gasteiger charge is 2.39. The number of anilines is 1. The highest BCUT2D eigenvalue weighted by molar-refractivity contribution is 5.94. The van der Waals surface area contributed by atoms with E-state index in [9.17, 15) is 4.79 Å². The number of hydrogen-bond acceptors (Lipinski definition) is 6. The first kappa shape index (κ1) is 15.8. The van der Waals surface area contributed by atoms with Crippen molar-refractivity contribution in [1.29, 1.82) is 0 Å². The topological polar surface area (TPSA) is 103 Å². The van der Waals surface area contributed by atoms with Crippen LogP contribution in [0.5, 0.6) is 0 Å². The first-order valence-electron chi connectivity index (χ1n) is 7.47. The van der Waals surface area contributed by atoms with Crippen LogP contribution in [0.1, 0.15) is 38.1 Å². The van der Waals surface area contributed by atoms with Gasteiger partial charge in [-0.1, -0.05) is 13.8 Å². The van der Waals surface area contributed by atoms with E-state index in [2.05, 4.69) is 20.5 Å². The SMILES string of the molecule is CCc1nnc(NC(=O)C2(CN)CCOCC2)nc1CC. The summed E-state index contributed by atoms with van der Waals surface area (Å²) in [6.07, 6.45) is 2.78. The molecular weight excluding hydrogens is 270 g/mol. The van der Waals surface area contributed by atoms with E-state index < -0.39 is 5.41 Å². The van der Waals surface area contributed by atoms with Crippen molar-refractivity contribution in [2.45, 2.75) is 39.5 Å². The van der Waals surface area contributed by atoms with Gasteiger partial charge in [-0.15, -0.1) is 10.2 Å². The van der Waals surface area contributed by atoms with Crippen LogP contribution in [0.4, 0.5) is 5.95 Å². The van der Waals surface area contributed by atoms with Crippen LogP contribution in [0.25, 0.3) is 0 Å². The number of carbonyl (C=O) groups excluding carboxylic acids is 1. The van der Waals surface area contributed by atoms with Crippen molar-refractivity contribution in [2.75, 3.05) is 25.1 Å². The molecule has 2 heterocycles. The van der Waals surface area contributed by atoms with Crippen LogP contribution in [0.2, 0.25) is 0 Å². The van der Waals surface area contributed by atoms with E-state index in [1.165, 1.54) is 0 Å². The molecule has 116 valence electrons. The highest BCUT2D eigenvalue weighted by atomic mass is 16.5. The van der Waals surface area contributed by atoms with E-state index in [1.807, 2.05) is 13.8 Å². The lowest BCUT2D eigenvalue weighted by atomic mass is 9.79. The number of aromatic nitrogens is 3. The lowest BCUT2D eigenvalue weighted by molar-refractivity contribution is -0.130. The van der Waals surface area contributed by atoms with Crippen molar-refractivity contribution in [1.82, 2.24) is 15.2 Å². The van der Waals surface area contributed by atoms with E-state index in [4.69, 9.17) is 10.5 Å². The minimum atomic E-state index is -0.586. The monoisotopic (exact) mass is 293 g/mol. The zero-order valence-corrected chi connectivity index (χ0v) is 12.7. The Hall–Kier alpha value is -1.60. The van der Waals surface area contributed by atoms with Crippen molar-refractivity contribution in [3.63, 3.8) is 0 Å². The Morgan fingerprint density at radius 3 is 2.48 bits per heavy atom. The van der Waals surface area contributed by atoms with Gasteiger partial charge >= 0.3 is 0 Å². The maximum Gasteiger partial charge on any atom is 0.249 e. The number of nitrogens with one attached hydrogen (secondary N) is 1. The minimum Gasteiger partial charge on any atom is -0.381 e. The second kappa shape index (κ2) is 6.91. The van der Waals surface area contributed by atoms with Crippen molar-refractivity contribution < 1.29 is 9.53 Å². The Morgan fingerprint density at radius 2 is 1.90 bits per heavy atom. The fraction of sp³-hybridized carbons (Fsp3) is 0.714. The summed E-state index contributed by atoms with van der Waals surface area (Å²) < 4.78 is 5.31. The van der Waals surface area contributed by atoms with Crippen LogP contribution in [0, 0.1) is 5.41 Å². The third-order valence-electron chi connectivity index (χ3n) is 4.06. The summed E-state index contributed by atoms with van der Waals surface area (Å²) in [6, 6.07) is 0. The Kier molecular flexibility index (Phi) is 5.19. The number of hydrogen-bond donors (Lipinski definition) is 2. The van der Waals surface area contributed by atoms with Crippen LogP contribution in [0.3, 0.4) is 0 Å². The first-order chi connectivity index (χ1) is 10.1. The summed E-state index contributed by atoms with van der Waals surface area (Å²) in [6.45, 7) is 5.42. The van der Waals surface area contributed by atoms with E-state index in [0.29, 0.717) is 32.6 Å². The second-order valence-corrected chi connectivity index (χ2v) is 5.29. The summed E-state index contributed by atoms with van der Waals surface area (Å²) >= 11 is 0. The lowest BCUT2D eigenvalue weighted by Crippen LogP contribution is -2.46. The molecule has 1 amide bonds. The van der Waals surface area contributed by atoms with Crippen molar-refractivity contribution in [2.24, 2.45) is 11.1 Å². The molecule has 21 heavy (non-hydrogen) atoms. The summed E-state index contributed by atoms with van der Waals surface area (Å²) in [4.78, 5) is 16.9. The molecule has 1 saturated heterocycles. The molecule has 0 aliphatic carbocycles. The molecule has 1 aromatic rings. The van der Waals surface area contributed by atoms with Crippen LogP contribution in [0.15, 0.2) is 0 Å². The number of amides is 1. The molecule has 0 saturated carbocycles. The van der Waals surface area contributed by atoms with E-state index >= 15 is 0 Å². The van der Waals surface area contributed by atoms with Gasteiger partial charge in [-0.25, -0.2) is 4.98 Å². The van der Waals surface area contributed by atoms with Crippen molar-refractivity contribution in [3.05, 3.63) is 11.4 Å². The third kappa shape index (κ3) is 3.36. The fourth-order valence-electron chi connectivity index (χ4n) is 2.51. The molecule has 2 rings (SSSR count). The molecule has 0 atom stereocenters. The fourth-order valence-corrected chi connectivity index (χ4v) is 2.51. The molecule has 0 radical (unpaired) electrons. The van der Waals surface area contributed by atoms with Gasteiger partial charge in [-0.2, -0.15) is 0 Å². The zero-order chi connectivity index (χ0) is 15.3. The summed E-state index contributed by atoms with van der Waals surface area (Å²) in [7, 11) is 0. The van der Waals surface area contributed by atoms with E-state index in [-0.39, 0.29) is 11.9 Å². The normalized spacial score (nSPS) is 17.5. The average Bonchev–Trinajstić information content (AvgIpc) is 2.55. The molecule has 1 aliphatic heterocycles. The highest BCUT2D eigenvalue weighted by Crippen LogP contribution is 2.30. The van der Waals surface area contributed by atoms with Crippen LogP contribution in [-0.2, 0) is 22.4 Å². The molecule has 0 aromatic carbocycles. The van der Waals surface area contributed by atoms with Gasteiger partial charge in [-0.05, 0) is 25.7 Å². The largest absolute Gasteiger partial charge is 0.381 e. The summed E-state index contributed by atoms with van der Waals surface area (Å²) in [5, 5.41) is 10.9. The Labute approximate surface area is 124 Å². The lowest BCUT2D eigenvalue weighted by Gasteiger charge is -2.34. The minimum absolute atomic E-state index is 0.138. The Morgan fingerprint density at radius 1 is 1.24 bits per heavy atom. The third-order valence-corrected chi connectivity index (χ3v) is 4.06. The predicted molar refractivity (Wildman–Crippen MR) is 78.8 cm³/mol.